The predicted octanol–water partition coefficient (Wildman–Crippen LogP) is 4.48. The lowest BCUT2D eigenvalue weighted by molar-refractivity contribution is -0.363. The van der Waals surface area contributed by atoms with Gasteiger partial charge in [-0.3, -0.25) is 9.59 Å². The number of hydrogen-bond donors (Lipinski definition) is 1. The second kappa shape index (κ2) is 5.89. The van der Waals surface area contributed by atoms with Crippen LogP contribution >= 0.6 is 0 Å². The smallest absolute Gasteiger partial charge is 0.383 e. The molecule has 0 radical (unpaired) electrons. The summed E-state index contributed by atoms with van der Waals surface area (Å²) in [4.78, 5) is 24.2. The summed E-state index contributed by atoms with van der Waals surface area (Å²) in [7, 11) is 0. The predicted molar refractivity (Wildman–Crippen MR) is 93.0 cm³/mol. The highest BCUT2D eigenvalue weighted by molar-refractivity contribution is 6.43. The summed E-state index contributed by atoms with van der Waals surface area (Å²) in [6.45, 7) is 3.27. The van der Waals surface area contributed by atoms with Crippen molar-refractivity contribution in [2.75, 3.05) is 0 Å². The van der Waals surface area contributed by atoms with Crippen LogP contribution in [-0.2, 0) is 9.59 Å². The molecule has 3 saturated carbocycles. The number of ketones is 2. The Balaban J connectivity index is 1.71. The number of halogens is 5. The third-order valence-electron chi connectivity index (χ3n) is 8.96. The van der Waals surface area contributed by atoms with Gasteiger partial charge < -0.3 is 5.11 Å². The second-order valence-electron chi connectivity index (χ2n) is 9.86. The third-order valence-corrected chi connectivity index (χ3v) is 8.96. The number of fused-ring (bicyclic) bond motifs is 5. The maximum atomic E-state index is 14.4. The molecule has 0 amide bonds. The lowest BCUT2D eigenvalue weighted by atomic mass is 9.45. The first-order valence-corrected chi connectivity index (χ1v) is 10.1. The molecule has 0 aromatic carbocycles. The largest absolute Gasteiger partial charge is 0.456 e. The molecule has 2 unspecified atom stereocenters. The fourth-order valence-electron chi connectivity index (χ4n) is 7.32. The van der Waals surface area contributed by atoms with Gasteiger partial charge in [-0.05, 0) is 67.8 Å². The standard InChI is InChI=1S/C21H25F5O3/c1-17-8-7-15(27)16(28)14(17)4-3-11-12(17)5-9-18(2)13(11)6-10-19(18,29)20(22,23)21(24,25)26/h7-8,11-14,29H,3-6,9-10H2,1-2H3/t11-,12+,13+,14?,17-,18+,19?/m1/s1. The Morgan fingerprint density at radius 3 is 2.21 bits per heavy atom. The Morgan fingerprint density at radius 2 is 1.59 bits per heavy atom. The van der Waals surface area contributed by atoms with Gasteiger partial charge >= 0.3 is 12.1 Å². The highest BCUT2D eigenvalue weighted by atomic mass is 19.4. The van der Waals surface area contributed by atoms with Gasteiger partial charge in [-0.2, -0.15) is 22.0 Å². The van der Waals surface area contributed by atoms with E-state index in [1.54, 1.807) is 6.08 Å². The molecule has 3 nitrogen and oxygen atoms in total. The zero-order chi connectivity index (χ0) is 21.6. The van der Waals surface area contributed by atoms with Crippen molar-refractivity contribution in [1.29, 1.82) is 0 Å². The summed E-state index contributed by atoms with van der Waals surface area (Å²) in [5.74, 6) is -7.38. The van der Waals surface area contributed by atoms with E-state index in [0.29, 0.717) is 19.3 Å². The number of allylic oxidation sites excluding steroid dienone is 2. The lowest BCUT2D eigenvalue weighted by Gasteiger charge is -2.59. The zero-order valence-electron chi connectivity index (χ0n) is 16.4. The van der Waals surface area contributed by atoms with Crippen molar-refractivity contribution in [2.45, 2.75) is 70.1 Å². The molecule has 1 N–H and O–H groups in total. The number of aliphatic hydroxyl groups is 1. The van der Waals surface area contributed by atoms with Crippen molar-refractivity contribution in [3.63, 3.8) is 0 Å². The molecule has 3 fully saturated rings. The van der Waals surface area contributed by atoms with E-state index in [-0.39, 0.29) is 24.7 Å². The van der Waals surface area contributed by atoms with E-state index >= 15 is 0 Å². The van der Waals surface area contributed by atoms with Crippen molar-refractivity contribution in [3.8, 4) is 0 Å². The molecule has 0 heterocycles. The molecule has 0 aromatic rings. The van der Waals surface area contributed by atoms with E-state index in [2.05, 4.69) is 0 Å². The molecule has 0 spiro atoms. The Kier molecular flexibility index (Phi) is 4.25. The molecule has 0 aliphatic heterocycles. The van der Waals surface area contributed by atoms with Crippen molar-refractivity contribution in [3.05, 3.63) is 12.2 Å². The van der Waals surface area contributed by atoms with E-state index in [0.717, 1.165) is 0 Å². The van der Waals surface area contributed by atoms with E-state index in [1.807, 2.05) is 6.92 Å². The highest BCUT2D eigenvalue weighted by Crippen LogP contribution is 2.70. The van der Waals surface area contributed by atoms with Gasteiger partial charge in [0.2, 0.25) is 11.6 Å². The van der Waals surface area contributed by atoms with Gasteiger partial charge in [0, 0.05) is 11.3 Å². The Labute approximate surface area is 165 Å². The van der Waals surface area contributed by atoms with Crippen molar-refractivity contribution < 1.29 is 36.6 Å². The van der Waals surface area contributed by atoms with Gasteiger partial charge in [0.25, 0.3) is 0 Å². The normalized spacial score (nSPS) is 47.6. The second-order valence-corrected chi connectivity index (χ2v) is 9.86. The number of alkyl halides is 5. The van der Waals surface area contributed by atoms with Crippen LogP contribution in [0.1, 0.15) is 52.4 Å². The zero-order valence-corrected chi connectivity index (χ0v) is 16.4. The van der Waals surface area contributed by atoms with Crippen molar-refractivity contribution in [2.24, 2.45) is 34.5 Å². The lowest BCUT2D eigenvalue weighted by Crippen LogP contribution is -2.66. The average Bonchev–Trinajstić information content (AvgIpc) is 2.90. The Morgan fingerprint density at radius 1 is 0.966 bits per heavy atom. The van der Waals surface area contributed by atoms with Gasteiger partial charge in [-0.15, -0.1) is 0 Å². The van der Waals surface area contributed by atoms with Crippen LogP contribution < -0.4 is 0 Å². The SMILES string of the molecule is C[C@]12C=CC(=O)C(=O)C1CC[C@@H]1[C@@H]2CC[C@@]2(C)[C@H]1CCC2(O)C(F)(F)C(F)(F)F. The molecular weight excluding hydrogens is 395 g/mol. The summed E-state index contributed by atoms with van der Waals surface area (Å²) in [5, 5.41) is 10.8. The van der Waals surface area contributed by atoms with Gasteiger partial charge in [-0.1, -0.05) is 19.9 Å². The molecule has 4 aliphatic rings. The topological polar surface area (TPSA) is 54.4 Å². The van der Waals surface area contributed by atoms with Crippen LogP contribution in [0, 0.1) is 34.5 Å². The van der Waals surface area contributed by atoms with Gasteiger partial charge in [0.1, 0.15) is 5.60 Å². The highest BCUT2D eigenvalue weighted by Gasteiger charge is 2.79. The number of hydrogen-bond acceptors (Lipinski definition) is 3. The summed E-state index contributed by atoms with van der Waals surface area (Å²) in [6, 6.07) is 0. The fraction of sp³-hybridized carbons (Fsp3) is 0.810. The van der Waals surface area contributed by atoms with Gasteiger partial charge in [-0.25, -0.2) is 0 Å². The summed E-state index contributed by atoms with van der Waals surface area (Å²) in [6.07, 6.45) is -2.04. The van der Waals surface area contributed by atoms with E-state index < -0.39 is 58.4 Å². The molecule has 29 heavy (non-hydrogen) atoms. The van der Waals surface area contributed by atoms with Crippen LogP contribution in [0.4, 0.5) is 22.0 Å². The minimum absolute atomic E-state index is 0.0271. The number of carbonyl (C=O) groups is 2. The van der Waals surface area contributed by atoms with Gasteiger partial charge in [0.05, 0.1) is 0 Å². The quantitative estimate of drug-likeness (QED) is 0.503. The summed E-state index contributed by atoms with van der Waals surface area (Å²) in [5.41, 5.74) is -5.31. The molecule has 4 aliphatic carbocycles. The Hall–Kier alpha value is -1.31. The molecule has 0 bridgehead atoms. The Bertz CT molecular complexity index is 790. The number of rotatable bonds is 1. The van der Waals surface area contributed by atoms with Crippen LogP contribution in [0.5, 0.6) is 0 Å². The van der Waals surface area contributed by atoms with E-state index in [9.17, 15) is 36.6 Å². The van der Waals surface area contributed by atoms with E-state index in [1.165, 1.54) is 13.0 Å². The summed E-state index contributed by atoms with van der Waals surface area (Å²) < 4.78 is 68.4. The summed E-state index contributed by atoms with van der Waals surface area (Å²) >= 11 is 0. The third kappa shape index (κ3) is 2.38. The fourth-order valence-corrected chi connectivity index (χ4v) is 7.32. The minimum Gasteiger partial charge on any atom is -0.383 e. The molecular formula is C21H25F5O3. The molecule has 0 aromatic heterocycles. The van der Waals surface area contributed by atoms with Crippen LogP contribution in [0.2, 0.25) is 0 Å². The first-order chi connectivity index (χ1) is 13.2. The number of Topliss-reactive ketones (excluding diaryl/α,β-unsaturated/α-hetero) is 1. The number of carbonyl (C=O) groups excluding carboxylic acids is 2. The molecule has 8 heteroatoms. The van der Waals surface area contributed by atoms with Crippen LogP contribution in [0.3, 0.4) is 0 Å². The maximum absolute atomic E-state index is 14.4. The van der Waals surface area contributed by atoms with Gasteiger partial charge in [0.15, 0.2) is 0 Å². The monoisotopic (exact) mass is 420 g/mol. The van der Waals surface area contributed by atoms with Crippen LogP contribution in [0.25, 0.3) is 0 Å². The van der Waals surface area contributed by atoms with Crippen molar-refractivity contribution >= 4 is 11.6 Å². The first kappa shape index (κ1) is 20.9. The first-order valence-electron chi connectivity index (χ1n) is 10.1. The van der Waals surface area contributed by atoms with E-state index in [4.69, 9.17) is 0 Å². The van der Waals surface area contributed by atoms with Crippen LogP contribution in [0.15, 0.2) is 12.2 Å². The van der Waals surface area contributed by atoms with Crippen LogP contribution in [-0.4, -0.2) is 34.4 Å². The molecule has 162 valence electrons. The molecule has 7 atom stereocenters. The molecule has 4 rings (SSSR count). The minimum atomic E-state index is -5.82. The van der Waals surface area contributed by atoms with Crippen molar-refractivity contribution in [1.82, 2.24) is 0 Å². The average molecular weight is 420 g/mol. The molecule has 0 saturated heterocycles. The maximum Gasteiger partial charge on any atom is 0.456 e.